The fourth-order valence-corrected chi connectivity index (χ4v) is 3.31. The largest absolute Gasteiger partial charge is 0.478 e. The van der Waals surface area contributed by atoms with Crippen molar-refractivity contribution >= 4 is 15.8 Å². The monoisotopic (exact) mass is 370 g/mol. The van der Waals surface area contributed by atoms with Crippen molar-refractivity contribution in [3.63, 3.8) is 0 Å². The van der Waals surface area contributed by atoms with Crippen LogP contribution in [-0.4, -0.2) is 41.1 Å². The number of hydrogen-bond acceptors (Lipinski definition) is 4. The van der Waals surface area contributed by atoms with Crippen LogP contribution in [0.2, 0.25) is 0 Å². The van der Waals surface area contributed by atoms with Crippen LogP contribution < -0.4 is 0 Å². The van der Waals surface area contributed by atoms with Crippen molar-refractivity contribution in [1.82, 2.24) is 9.55 Å². The van der Waals surface area contributed by atoms with Crippen molar-refractivity contribution in [2.24, 2.45) is 0 Å². The molecule has 0 saturated carbocycles. The molecule has 134 valence electrons. The minimum absolute atomic E-state index is 0.0557. The molecule has 0 aliphatic heterocycles. The molecule has 0 unspecified atom stereocenters. The number of hydrogen-bond donors (Lipinski definition) is 1. The Morgan fingerprint density at radius 2 is 1.73 bits per heavy atom. The van der Waals surface area contributed by atoms with Gasteiger partial charge in [-0.15, -0.1) is 0 Å². The van der Waals surface area contributed by atoms with E-state index in [0.29, 0.717) is 17.0 Å². The molecule has 1 heterocycles. The maximum Gasteiger partial charge on any atom is 0.336 e. The second-order valence-electron chi connectivity index (χ2n) is 5.98. The lowest BCUT2D eigenvalue weighted by Gasteiger charge is -2.12. The maximum absolute atomic E-state index is 11.7. The van der Waals surface area contributed by atoms with E-state index in [9.17, 15) is 18.3 Å². The van der Waals surface area contributed by atoms with E-state index in [1.807, 2.05) is 30.3 Å². The van der Waals surface area contributed by atoms with Crippen LogP contribution in [0.3, 0.4) is 0 Å². The molecule has 26 heavy (non-hydrogen) atoms. The summed E-state index contributed by atoms with van der Waals surface area (Å²) in [5.41, 5.74) is 2.70. The molecule has 3 rings (SSSR count). The fraction of sp³-hybridized carbons (Fsp3) is 0.158. The number of aromatic nitrogens is 2. The van der Waals surface area contributed by atoms with Gasteiger partial charge in [-0.1, -0.05) is 48.5 Å². The Balaban J connectivity index is 2.20. The smallest absolute Gasteiger partial charge is 0.336 e. The standard InChI is InChI=1S/C19H18N2O4S/c1-26(24,25)12-11-21-13-20-17(14-7-3-2-4-8-14)18(21)15-9-5-6-10-16(15)19(22)23/h2-10,13H,11-12H2,1H3,(H,22,23). The summed E-state index contributed by atoms with van der Waals surface area (Å²) in [6, 6.07) is 16.1. The second kappa shape index (κ2) is 7.13. The summed E-state index contributed by atoms with van der Waals surface area (Å²) in [5.74, 6) is -1.10. The van der Waals surface area contributed by atoms with E-state index >= 15 is 0 Å². The van der Waals surface area contributed by atoms with E-state index in [2.05, 4.69) is 4.98 Å². The molecule has 0 bridgehead atoms. The lowest BCUT2D eigenvalue weighted by Crippen LogP contribution is -2.12. The number of aromatic carboxylic acids is 1. The van der Waals surface area contributed by atoms with Crippen molar-refractivity contribution < 1.29 is 18.3 Å². The molecule has 1 aromatic heterocycles. The highest BCUT2D eigenvalue weighted by Crippen LogP contribution is 2.33. The first kappa shape index (κ1) is 17.9. The summed E-state index contributed by atoms with van der Waals surface area (Å²) in [6.07, 6.45) is 2.73. The topological polar surface area (TPSA) is 89.3 Å². The van der Waals surface area contributed by atoms with Gasteiger partial charge in [-0.3, -0.25) is 0 Å². The van der Waals surface area contributed by atoms with Crippen LogP contribution in [0, 0.1) is 0 Å². The first-order chi connectivity index (χ1) is 12.4. The molecule has 0 fully saturated rings. The van der Waals surface area contributed by atoms with Crippen molar-refractivity contribution in [3.8, 4) is 22.5 Å². The number of sulfone groups is 1. The van der Waals surface area contributed by atoms with E-state index in [1.54, 1.807) is 29.1 Å². The third kappa shape index (κ3) is 3.83. The van der Waals surface area contributed by atoms with E-state index in [4.69, 9.17) is 0 Å². The summed E-state index contributed by atoms with van der Waals surface area (Å²) in [6.45, 7) is 0.196. The van der Waals surface area contributed by atoms with E-state index < -0.39 is 15.8 Å². The molecule has 7 heteroatoms. The van der Waals surface area contributed by atoms with Gasteiger partial charge in [0, 0.05) is 23.9 Å². The number of carboxylic acid groups (broad SMARTS) is 1. The van der Waals surface area contributed by atoms with Gasteiger partial charge >= 0.3 is 5.97 Å². The van der Waals surface area contributed by atoms with Crippen molar-refractivity contribution in [1.29, 1.82) is 0 Å². The van der Waals surface area contributed by atoms with Gasteiger partial charge in [-0.05, 0) is 6.07 Å². The molecule has 0 saturated heterocycles. The Morgan fingerprint density at radius 1 is 1.08 bits per heavy atom. The third-order valence-electron chi connectivity index (χ3n) is 4.00. The molecule has 0 radical (unpaired) electrons. The molecule has 1 N–H and O–H groups in total. The van der Waals surface area contributed by atoms with E-state index in [1.165, 1.54) is 12.3 Å². The zero-order valence-corrected chi connectivity index (χ0v) is 15.0. The molecule has 0 aliphatic rings. The number of carbonyl (C=O) groups is 1. The van der Waals surface area contributed by atoms with Gasteiger partial charge in [-0.2, -0.15) is 0 Å². The number of imidazole rings is 1. The zero-order valence-electron chi connectivity index (χ0n) is 14.2. The van der Waals surface area contributed by atoms with E-state index in [-0.39, 0.29) is 17.9 Å². The van der Waals surface area contributed by atoms with Gasteiger partial charge in [0.2, 0.25) is 0 Å². The van der Waals surface area contributed by atoms with Crippen LogP contribution in [-0.2, 0) is 16.4 Å². The summed E-state index contributed by atoms with van der Waals surface area (Å²) >= 11 is 0. The van der Waals surface area contributed by atoms with Gasteiger partial charge in [-0.25, -0.2) is 18.2 Å². The Hall–Kier alpha value is -2.93. The van der Waals surface area contributed by atoms with Crippen molar-refractivity contribution in [2.45, 2.75) is 6.54 Å². The van der Waals surface area contributed by atoms with Crippen LogP contribution in [0.1, 0.15) is 10.4 Å². The van der Waals surface area contributed by atoms with Gasteiger partial charge in [0.1, 0.15) is 9.84 Å². The summed E-state index contributed by atoms with van der Waals surface area (Å²) in [5, 5.41) is 9.55. The highest BCUT2D eigenvalue weighted by atomic mass is 32.2. The number of benzene rings is 2. The minimum atomic E-state index is -3.17. The van der Waals surface area contributed by atoms with Gasteiger partial charge < -0.3 is 9.67 Å². The first-order valence-electron chi connectivity index (χ1n) is 7.98. The average molecular weight is 370 g/mol. The lowest BCUT2D eigenvalue weighted by atomic mass is 10.00. The maximum atomic E-state index is 11.7. The lowest BCUT2D eigenvalue weighted by molar-refractivity contribution is 0.0697. The number of carboxylic acids is 1. The number of aryl methyl sites for hydroxylation is 1. The molecule has 0 spiro atoms. The summed E-state index contributed by atoms with van der Waals surface area (Å²) < 4.78 is 24.9. The van der Waals surface area contributed by atoms with Crippen LogP contribution in [0.25, 0.3) is 22.5 Å². The predicted octanol–water partition coefficient (Wildman–Crippen LogP) is 2.96. The number of rotatable bonds is 6. The third-order valence-corrected chi connectivity index (χ3v) is 4.92. The average Bonchev–Trinajstić information content (AvgIpc) is 3.04. The molecule has 0 atom stereocenters. The van der Waals surface area contributed by atoms with Crippen LogP contribution in [0.5, 0.6) is 0 Å². The van der Waals surface area contributed by atoms with Gasteiger partial charge in [0.25, 0.3) is 0 Å². The highest BCUT2D eigenvalue weighted by Gasteiger charge is 2.20. The molecular weight excluding hydrogens is 352 g/mol. The molecule has 0 amide bonds. The van der Waals surface area contributed by atoms with Gasteiger partial charge in [0.05, 0.1) is 29.0 Å². The predicted molar refractivity (Wildman–Crippen MR) is 99.8 cm³/mol. The first-order valence-corrected chi connectivity index (χ1v) is 10.0. The highest BCUT2D eigenvalue weighted by molar-refractivity contribution is 7.90. The SMILES string of the molecule is CS(=O)(=O)CCn1cnc(-c2ccccc2)c1-c1ccccc1C(=O)O. The second-order valence-corrected chi connectivity index (χ2v) is 8.24. The quantitative estimate of drug-likeness (QED) is 0.720. The summed E-state index contributed by atoms with van der Waals surface area (Å²) in [4.78, 5) is 16.1. The fourth-order valence-electron chi connectivity index (χ4n) is 2.78. The Kier molecular flexibility index (Phi) is 4.90. The van der Waals surface area contributed by atoms with Crippen LogP contribution in [0.15, 0.2) is 60.9 Å². The Labute approximate surface area is 151 Å². The molecule has 0 aliphatic carbocycles. The Morgan fingerprint density at radius 3 is 2.38 bits per heavy atom. The normalized spacial score (nSPS) is 11.4. The Bertz CT molecular complexity index is 1040. The minimum Gasteiger partial charge on any atom is -0.478 e. The molecule has 6 nitrogen and oxygen atoms in total. The van der Waals surface area contributed by atoms with Crippen LogP contribution >= 0.6 is 0 Å². The molecular formula is C19H18N2O4S. The zero-order chi connectivity index (χ0) is 18.7. The van der Waals surface area contributed by atoms with E-state index in [0.717, 1.165) is 5.56 Å². The van der Waals surface area contributed by atoms with Crippen LogP contribution in [0.4, 0.5) is 0 Å². The summed E-state index contributed by atoms with van der Waals surface area (Å²) in [7, 11) is -3.17. The molecule has 2 aromatic carbocycles. The van der Waals surface area contributed by atoms with Crippen molar-refractivity contribution in [3.05, 3.63) is 66.5 Å². The van der Waals surface area contributed by atoms with Gasteiger partial charge in [0.15, 0.2) is 0 Å². The van der Waals surface area contributed by atoms with Crippen molar-refractivity contribution in [2.75, 3.05) is 12.0 Å². The number of nitrogens with zero attached hydrogens (tertiary/aromatic N) is 2. The molecule has 3 aromatic rings.